The van der Waals surface area contributed by atoms with Gasteiger partial charge < -0.3 is 10.1 Å². The van der Waals surface area contributed by atoms with Crippen molar-refractivity contribution in [3.63, 3.8) is 0 Å². The molecule has 0 spiro atoms. The number of rotatable bonds is 4. The number of halogens is 1. The minimum absolute atomic E-state index is 0.697. The third kappa shape index (κ3) is 3.92. The second-order valence-electron chi connectivity index (χ2n) is 4.28. The van der Waals surface area contributed by atoms with Crippen molar-refractivity contribution in [1.82, 2.24) is 9.97 Å². The molecular weight excluding hydrogens is 282 g/mol. The highest BCUT2D eigenvalue weighted by molar-refractivity contribution is 9.10. The molecule has 17 heavy (non-hydrogen) atoms. The molecule has 1 aromatic rings. The molecule has 0 unspecified atom stereocenters. The highest BCUT2D eigenvalue weighted by Gasteiger charge is 2.13. The molecule has 5 heteroatoms. The SMILES string of the molecule is CCc1nc(Br)cc(NCC2CCOCC2)n1. The first-order chi connectivity index (χ1) is 8.28. The van der Waals surface area contributed by atoms with Gasteiger partial charge in [-0.2, -0.15) is 0 Å². The summed E-state index contributed by atoms with van der Waals surface area (Å²) in [6.07, 6.45) is 3.13. The Bertz CT molecular complexity index is 367. The van der Waals surface area contributed by atoms with E-state index in [1.807, 2.05) is 6.07 Å². The molecule has 1 aromatic heterocycles. The van der Waals surface area contributed by atoms with E-state index in [0.717, 1.165) is 55.3 Å². The molecule has 0 saturated carbocycles. The Morgan fingerprint density at radius 2 is 2.18 bits per heavy atom. The monoisotopic (exact) mass is 299 g/mol. The van der Waals surface area contributed by atoms with E-state index in [4.69, 9.17) is 4.74 Å². The lowest BCUT2D eigenvalue weighted by Gasteiger charge is -2.22. The molecule has 2 heterocycles. The standard InChI is InChI=1S/C12H18BrN3O/c1-2-11-15-10(13)7-12(16-11)14-8-9-3-5-17-6-4-9/h7,9H,2-6,8H2,1H3,(H,14,15,16). The second kappa shape index (κ2) is 6.31. The Morgan fingerprint density at radius 3 is 2.88 bits per heavy atom. The molecule has 0 aromatic carbocycles. The van der Waals surface area contributed by atoms with Crippen LogP contribution in [0, 0.1) is 5.92 Å². The van der Waals surface area contributed by atoms with Crippen molar-refractivity contribution in [1.29, 1.82) is 0 Å². The number of aryl methyl sites for hydroxylation is 1. The smallest absolute Gasteiger partial charge is 0.131 e. The van der Waals surface area contributed by atoms with Crippen LogP contribution in [0.2, 0.25) is 0 Å². The largest absolute Gasteiger partial charge is 0.381 e. The average Bonchev–Trinajstić information content (AvgIpc) is 2.37. The zero-order chi connectivity index (χ0) is 12.1. The molecule has 0 aliphatic carbocycles. The molecule has 1 N–H and O–H groups in total. The predicted molar refractivity (Wildman–Crippen MR) is 71.1 cm³/mol. The lowest BCUT2D eigenvalue weighted by molar-refractivity contribution is 0.0699. The Hall–Kier alpha value is -0.680. The van der Waals surface area contributed by atoms with E-state index in [2.05, 4.69) is 38.1 Å². The van der Waals surface area contributed by atoms with E-state index in [1.165, 1.54) is 0 Å². The molecule has 1 fully saturated rings. The molecule has 1 aliphatic rings. The van der Waals surface area contributed by atoms with E-state index >= 15 is 0 Å². The number of ether oxygens (including phenoxy) is 1. The van der Waals surface area contributed by atoms with Gasteiger partial charge in [0, 0.05) is 32.2 Å². The summed E-state index contributed by atoms with van der Waals surface area (Å²) in [5.41, 5.74) is 0. The molecule has 0 atom stereocenters. The Kier molecular flexibility index (Phi) is 4.74. The molecule has 1 aliphatic heterocycles. The number of anilines is 1. The van der Waals surface area contributed by atoms with Crippen molar-refractivity contribution in [2.45, 2.75) is 26.2 Å². The molecular formula is C12H18BrN3O. The number of hydrogen-bond acceptors (Lipinski definition) is 4. The predicted octanol–water partition coefficient (Wildman–Crippen LogP) is 2.64. The number of aromatic nitrogens is 2. The fourth-order valence-corrected chi connectivity index (χ4v) is 2.33. The van der Waals surface area contributed by atoms with Crippen molar-refractivity contribution < 1.29 is 4.74 Å². The molecule has 4 nitrogen and oxygen atoms in total. The summed E-state index contributed by atoms with van der Waals surface area (Å²) in [6, 6.07) is 1.93. The van der Waals surface area contributed by atoms with E-state index in [-0.39, 0.29) is 0 Å². The Balaban J connectivity index is 1.91. The van der Waals surface area contributed by atoms with Gasteiger partial charge in [-0.3, -0.25) is 0 Å². The van der Waals surface area contributed by atoms with E-state index in [9.17, 15) is 0 Å². The maximum atomic E-state index is 5.35. The van der Waals surface area contributed by atoms with Crippen molar-refractivity contribution in [2.24, 2.45) is 5.92 Å². The van der Waals surface area contributed by atoms with Crippen LogP contribution in [0.4, 0.5) is 5.82 Å². The Morgan fingerprint density at radius 1 is 1.41 bits per heavy atom. The van der Waals surface area contributed by atoms with Gasteiger partial charge in [0.1, 0.15) is 16.2 Å². The van der Waals surface area contributed by atoms with Gasteiger partial charge in [0.2, 0.25) is 0 Å². The van der Waals surface area contributed by atoms with Gasteiger partial charge in [-0.1, -0.05) is 6.92 Å². The van der Waals surface area contributed by atoms with Crippen LogP contribution in [-0.4, -0.2) is 29.7 Å². The summed E-state index contributed by atoms with van der Waals surface area (Å²) in [4.78, 5) is 8.75. The maximum absolute atomic E-state index is 5.35. The van der Waals surface area contributed by atoms with Gasteiger partial charge in [-0.05, 0) is 34.7 Å². The lowest BCUT2D eigenvalue weighted by Crippen LogP contribution is -2.23. The van der Waals surface area contributed by atoms with Gasteiger partial charge in [0.25, 0.3) is 0 Å². The minimum Gasteiger partial charge on any atom is -0.381 e. The van der Waals surface area contributed by atoms with Gasteiger partial charge in [-0.15, -0.1) is 0 Å². The number of hydrogen-bond donors (Lipinski definition) is 1. The normalized spacial score (nSPS) is 17.1. The molecule has 1 saturated heterocycles. The van der Waals surface area contributed by atoms with Crippen LogP contribution in [0.5, 0.6) is 0 Å². The Labute approximate surface area is 110 Å². The van der Waals surface area contributed by atoms with Crippen LogP contribution in [0.3, 0.4) is 0 Å². The third-order valence-electron chi connectivity index (χ3n) is 2.97. The number of nitrogens with zero attached hydrogens (tertiary/aromatic N) is 2. The van der Waals surface area contributed by atoms with Crippen molar-refractivity contribution in [3.8, 4) is 0 Å². The van der Waals surface area contributed by atoms with E-state index in [0.29, 0.717) is 5.92 Å². The fraction of sp³-hybridized carbons (Fsp3) is 0.667. The van der Waals surface area contributed by atoms with Crippen LogP contribution in [0.15, 0.2) is 10.7 Å². The van der Waals surface area contributed by atoms with Crippen LogP contribution >= 0.6 is 15.9 Å². The first-order valence-corrected chi connectivity index (χ1v) is 6.92. The van der Waals surface area contributed by atoms with Gasteiger partial charge in [0.15, 0.2) is 0 Å². The summed E-state index contributed by atoms with van der Waals surface area (Å²) in [7, 11) is 0. The van der Waals surface area contributed by atoms with Crippen molar-refractivity contribution >= 4 is 21.7 Å². The van der Waals surface area contributed by atoms with Crippen LogP contribution in [-0.2, 0) is 11.2 Å². The molecule has 0 amide bonds. The zero-order valence-corrected chi connectivity index (χ0v) is 11.7. The first-order valence-electron chi connectivity index (χ1n) is 6.13. The molecule has 94 valence electrons. The molecule has 0 radical (unpaired) electrons. The lowest BCUT2D eigenvalue weighted by atomic mass is 10.0. The third-order valence-corrected chi connectivity index (χ3v) is 3.38. The molecule has 0 bridgehead atoms. The fourth-order valence-electron chi connectivity index (χ4n) is 1.91. The quantitative estimate of drug-likeness (QED) is 0.868. The maximum Gasteiger partial charge on any atom is 0.131 e. The van der Waals surface area contributed by atoms with Crippen LogP contribution in [0.25, 0.3) is 0 Å². The summed E-state index contributed by atoms with van der Waals surface area (Å²) in [6.45, 7) is 4.81. The summed E-state index contributed by atoms with van der Waals surface area (Å²) in [5.74, 6) is 2.48. The van der Waals surface area contributed by atoms with Gasteiger partial charge >= 0.3 is 0 Å². The number of nitrogens with one attached hydrogen (secondary N) is 1. The van der Waals surface area contributed by atoms with Crippen molar-refractivity contribution in [3.05, 3.63) is 16.5 Å². The minimum atomic E-state index is 0.697. The summed E-state index contributed by atoms with van der Waals surface area (Å²) >= 11 is 3.41. The van der Waals surface area contributed by atoms with E-state index < -0.39 is 0 Å². The van der Waals surface area contributed by atoms with Crippen LogP contribution < -0.4 is 5.32 Å². The first kappa shape index (κ1) is 12.8. The zero-order valence-electron chi connectivity index (χ0n) is 10.1. The highest BCUT2D eigenvalue weighted by atomic mass is 79.9. The van der Waals surface area contributed by atoms with Crippen LogP contribution in [0.1, 0.15) is 25.6 Å². The topological polar surface area (TPSA) is 47.0 Å². The second-order valence-corrected chi connectivity index (χ2v) is 5.09. The molecule has 2 rings (SSSR count). The van der Waals surface area contributed by atoms with Gasteiger partial charge in [0.05, 0.1) is 0 Å². The van der Waals surface area contributed by atoms with Crippen molar-refractivity contribution in [2.75, 3.05) is 25.1 Å². The highest BCUT2D eigenvalue weighted by Crippen LogP contribution is 2.17. The summed E-state index contributed by atoms with van der Waals surface area (Å²) in [5, 5.41) is 3.39. The van der Waals surface area contributed by atoms with Gasteiger partial charge in [-0.25, -0.2) is 9.97 Å². The van der Waals surface area contributed by atoms with E-state index in [1.54, 1.807) is 0 Å². The summed E-state index contributed by atoms with van der Waals surface area (Å²) < 4.78 is 6.19. The average molecular weight is 300 g/mol.